The summed E-state index contributed by atoms with van der Waals surface area (Å²) in [6, 6.07) is 12.2. The van der Waals surface area contributed by atoms with Crippen LogP contribution >= 0.6 is 0 Å². The van der Waals surface area contributed by atoms with Gasteiger partial charge in [-0.3, -0.25) is 9.69 Å². The van der Waals surface area contributed by atoms with Gasteiger partial charge in [0.2, 0.25) is 10.0 Å². The number of hydrogen-bond donors (Lipinski definition) is 2. The van der Waals surface area contributed by atoms with E-state index in [2.05, 4.69) is 21.0 Å². The minimum absolute atomic E-state index is 0.0235. The topological polar surface area (TPSA) is 87.7 Å². The molecular weight excluding hydrogens is 414 g/mol. The second-order valence-corrected chi connectivity index (χ2v) is 9.88. The van der Waals surface area contributed by atoms with Crippen LogP contribution in [-0.2, 0) is 23.1 Å². The van der Waals surface area contributed by atoms with Gasteiger partial charge in [-0.1, -0.05) is 24.3 Å². The maximum atomic E-state index is 12.9. The summed E-state index contributed by atoms with van der Waals surface area (Å²) in [5, 5.41) is 2.77. The number of benzene rings is 2. The molecule has 2 N–H and O–H groups in total. The van der Waals surface area contributed by atoms with Crippen molar-refractivity contribution >= 4 is 15.9 Å². The number of nitrogens with zero attached hydrogens (tertiary/aromatic N) is 1. The van der Waals surface area contributed by atoms with Crippen molar-refractivity contribution in [1.29, 1.82) is 0 Å². The summed E-state index contributed by atoms with van der Waals surface area (Å²) in [6.45, 7) is 6.96. The lowest BCUT2D eigenvalue weighted by atomic mass is 10.1. The predicted molar refractivity (Wildman–Crippen MR) is 121 cm³/mol. The Labute approximate surface area is 184 Å². The largest absolute Gasteiger partial charge is 0.496 e. The summed E-state index contributed by atoms with van der Waals surface area (Å²) in [6.07, 6.45) is 2.47. The quantitative estimate of drug-likeness (QED) is 0.620. The highest BCUT2D eigenvalue weighted by Gasteiger charge is 2.20. The van der Waals surface area contributed by atoms with E-state index < -0.39 is 10.0 Å². The Kier molecular flexibility index (Phi) is 7.69. The molecule has 1 heterocycles. The van der Waals surface area contributed by atoms with E-state index in [0.29, 0.717) is 5.75 Å². The van der Waals surface area contributed by atoms with Crippen LogP contribution in [0.2, 0.25) is 0 Å². The first-order chi connectivity index (χ1) is 14.8. The van der Waals surface area contributed by atoms with Gasteiger partial charge < -0.3 is 10.1 Å². The average Bonchev–Trinajstić information content (AvgIpc) is 3.24. The van der Waals surface area contributed by atoms with Gasteiger partial charge in [-0.2, -0.15) is 0 Å². The molecule has 3 rings (SSSR count). The van der Waals surface area contributed by atoms with Crippen LogP contribution in [0, 0.1) is 0 Å². The number of carbonyl (C=O) groups is 1. The molecule has 31 heavy (non-hydrogen) atoms. The Morgan fingerprint density at radius 3 is 2.48 bits per heavy atom. The van der Waals surface area contributed by atoms with Crippen LogP contribution in [0.1, 0.15) is 48.2 Å². The summed E-state index contributed by atoms with van der Waals surface area (Å²) in [4.78, 5) is 14.9. The monoisotopic (exact) mass is 445 g/mol. The van der Waals surface area contributed by atoms with Gasteiger partial charge in [0.05, 0.1) is 17.6 Å². The standard InChI is InChI=1S/C23H31N3O4S/c1-17(2)25-23(27)21-14-20(9-10-22(21)30-3)31(28,29)24-15-18-7-6-8-19(13-18)16-26-11-4-5-12-26/h6-10,13-14,17,24H,4-5,11-12,15-16H2,1-3H3,(H,25,27). The molecule has 0 spiro atoms. The molecule has 7 nitrogen and oxygen atoms in total. The van der Waals surface area contributed by atoms with Gasteiger partial charge in [0, 0.05) is 19.1 Å². The normalized spacial score (nSPS) is 14.7. The zero-order valence-corrected chi connectivity index (χ0v) is 19.2. The Balaban J connectivity index is 1.72. The highest BCUT2D eigenvalue weighted by atomic mass is 32.2. The van der Waals surface area contributed by atoms with E-state index in [1.165, 1.54) is 43.7 Å². The number of sulfonamides is 1. The van der Waals surface area contributed by atoms with Crippen LogP contribution in [0.5, 0.6) is 5.75 Å². The molecule has 1 aliphatic rings. The molecule has 2 aromatic carbocycles. The highest BCUT2D eigenvalue weighted by Crippen LogP contribution is 2.23. The van der Waals surface area contributed by atoms with Crippen molar-refractivity contribution < 1.29 is 17.9 Å². The maximum Gasteiger partial charge on any atom is 0.255 e. The lowest BCUT2D eigenvalue weighted by Gasteiger charge is -2.15. The summed E-state index contributed by atoms with van der Waals surface area (Å²) >= 11 is 0. The van der Waals surface area contributed by atoms with E-state index >= 15 is 0 Å². The van der Waals surface area contributed by atoms with Crippen molar-refractivity contribution in [3.8, 4) is 5.75 Å². The van der Waals surface area contributed by atoms with Gasteiger partial charge >= 0.3 is 0 Å². The molecule has 0 aliphatic carbocycles. The summed E-state index contributed by atoms with van der Waals surface area (Å²) < 4.78 is 33.6. The first kappa shape index (κ1) is 23.2. The number of likely N-dealkylation sites (tertiary alicyclic amines) is 1. The molecule has 1 fully saturated rings. The number of nitrogens with one attached hydrogen (secondary N) is 2. The third-order valence-electron chi connectivity index (χ3n) is 5.21. The van der Waals surface area contributed by atoms with Gasteiger partial charge in [0.25, 0.3) is 5.91 Å². The number of rotatable bonds is 9. The lowest BCUT2D eigenvalue weighted by Crippen LogP contribution is -2.31. The number of methoxy groups -OCH3 is 1. The average molecular weight is 446 g/mol. The molecule has 8 heteroatoms. The van der Waals surface area contributed by atoms with Crippen LogP contribution in [0.25, 0.3) is 0 Å². The fourth-order valence-corrected chi connectivity index (χ4v) is 4.71. The van der Waals surface area contributed by atoms with E-state index in [0.717, 1.165) is 25.2 Å². The Morgan fingerprint density at radius 2 is 1.81 bits per heavy atom. The molecule has 0 bridgehead atoms. The van der Waals surface area contributed by atoms with Crippen LogP contribution in [0.15, 0.2) is 47.4 Å². The molecule has 1 amide bonds. The van der Waals surface area contributed by atoms with Crippen molar-refractivity contribution in [2.45, 2.75) is 50.7 Å². The van der Waals surface area contributed by atoms with Crippen LogP contribution < -0.4 is 14.8 Å². The summed E-state index contributed by atoms with van der Waals surface area (Å²) in [7, 11) is -2.35. The van der Waals surface area contributed by atoms with E-state index in [1.807, 2.05) is 32.0 Å². The highest BCUT2D eigenvalue weighted by molar-refractivity contribution is 7.89. The van der Waals surface area contributed by atoms with Gasteiger partial charge in [-0.25, -0.2) is 13.1 Å². The van der Waals surface area contributed by atoms with Gasteiger partial charge in [-0.15, -0.1) is 0 Å². The SMILES string of the molecule is COc1ccc(S(=O)(=O)NCc2cccc(CN3CCCC3)c2)cc1C(=O)NC(C)C. The first-order valence-electron chi connectivity index (χ1n) is 10.6. The number of carbonyl (C=O) groups excluding carboxylic acids is 1. The Morgan fingerprint density at radius 1 is 1.10 bits per heavy atom. The Hall–Kier alpha value is -2.42. The van der Waals surface area contributed by atoms with Crippen molar-refractivity contribution in [2.24, 2.45) is 0 Å². The van der Waals surface area contributed by atoms with Crippen molar-refractivity contribution in [2.75, 3.05) is 20.2 Å². The minimum Gasteiger partial charge on any atom is -0.496 e. The van der Waals surface area contributed by atoms with E-state index in [-0.39, 0.29) is 29.0 Å². The van der Waals surface area contributed by atoms with Crippen LogP contribution in [0.4, 0.5) is 0 Å². The second-order valence-electron chi connectivity index (χ2n) is 8.12. The summed E-state index contributed by atoms with van der Waals surface area (Å²) in [5.41, 5.74) is 2.26. The minimum atomic E-state index is -3.80. The van der Waals surface area contributed by atoms with E-state index in [9.17, 15) is 13.2 Å². The third kappa shape index (κ3) is 6.29. The summed E-state index contributed by atoms with van der Waals surface area (Å²) in [5.74, 6) is -0.0507. The molecule has 2 aromatic rings. The van der Waals surface area contributed by atoms with Crippen molar-refractivity contribution in [3.63, 3.8) is 0 Å². The molecule has 0 unspecified atom stereocenters. The Bertz CT molecular complexity index is 1020. The van der Waals surface area contributed by atoms with E-state index in [1.54, 1.807) is 0 Å². The van der Waals surface area contributed by atoms with Crippen molar-refractivity contribution in [1.82, 2.24) is 14.9 Å². The van der Waals surface area contributed by atoms with Crippen molar-refractivity contribution in [3.05, 3.63) is 59.2 Å². The number of hydrogen-bond acceptors (Lipinski definition) is 5. The first-order valence-corrected chi connectivity index (χ1v) is 12.1. The fraction of sp³-hybridized carbons (Fsp3) is 0.435. The molecule has 1 aliphatic heterocycles. The molecule has 0 radical (unpaired) electrons. The second kappa shape index (κ2) is 10.3. The number of amides is 1. The predicted octanol–water partition coefficient (Wildman–Crippen LogP) is 2.91. The fourth-order valence-electron chi connectivity index (χ4n) is 3.67. The maximum absolute atomic E-state index is 12.9. The molecule has 1 saturated heterocycles. The molecule has 0 atom stereocenters. The smallest absolute Gasteiger partial charge is 0.255 e. The van der Waals surface area contributed by atoms with Gasteiger partial charge in [0.1, 0.15) is 5.75 Å². The van der Waals surface area contributed by atoms with E-state index in [4.69, 9.17) is 4.74 Å². The van der Waals surface area contributed by atoms with Gasteiger partial charge in [0.15, 0.2) is 0 Å². The molecule has 0 saturated carbocycles. The van der Waals surface area contributed by atoms with Gasteiger partial charge in [-0.05, 0) is 69.1 Å². The molecule has 168 valence electrons. The molecular formula is C23H31N3O4S. The lowest BCUT2D eigenvalue weighted by molar-refractivity contribution is 0.0940. The van der Waals surface area contributed by atoms with Crippen LogP contribution in [0.3, 0.4) is 0 Å². The zero-order valence-electron chi connectivity index (χ0n) is 18.3. The third-order valence-corrected chi connectivity index (χ3v) is 6.61. The zero-order chi connectivity index (χ0) is 22.4. The van der Waals surface area contributed by atoms with Crippen LogP contribution in [-0.4, -0.2) is 45.5 Å². The molecule has 0 aromatic heterocycles. The number of ether oxygens (including phenoxy) is 1.